The number of nitrogens with one attached hydrogen (secondary N) is 1. The summed E-state index contributed by atoms with van der Waals surface area (Å²) in [5.74, 6) is 1.24. The zero-order valence-electron chi connectivity index (χ0n) is 20.4. The molecule has 1 unspecified atom stereocenters. The van der Waals surface area contributed by atoms with Gasteiger partial charge in [0.05, 0.1) is 13.7 Å². The van der Waals surface area contributed by atoms with E-state index in [1.165, 1.54) is 5.56 Å². The van der Waals surface area contributed by atoms with E-state index in [1.54, 1.807) is 37.5 Å². The van der Waals surface area contributed by atoms with Crippen molar-refractivity contribution >= 4 is 23.4 Å². The van der Waals surface area contributed by atoms with Crippen LogP contribution in [-0.2, 0) is 4.79 Å². The molecule has 3 rings (SSSR count). The SMILES string of the molecule is CCOc1ccc(NC(=O)/C(C#N)=C/c2cc3c(cc2OC)N(CC)C(C)(C)CC3C)cc1. The molecule has 2 aromatic rings. The summed E-state index contributed by atoms with van der Waals surface area (Å²) in [6.07, 6.45) is 2.62. The summed E-state index contributed by atoms with van der Waals surface area (Å²) in [7, 11) is 1.61. The van der Waals surface area contributed by atoms with E-state index in [4.69, 9.17) is 9.47 Å². The highest BCUT2D eigenvalue weighted by molar-refractivity contribution is 6.10. The maximum absolute atomic E-state index is 12.8. The second kappa shape index (κ2) is 9.99. The number of hydrogen-bond donors (Lipinski definition) is 1. The van der Waals surface area contributed by atoms with Crippen LogP contribution in [-0.4, -0.2) is 31.7 Å². The largest absolute Gasteiger partial charge is 0.496 e. The maximum atomic E-state index is 12.8. The van der Waals surface area contributed by atoms with Crippen molar-refractivity contribution in [2.24, 2.45) is 0 Å². The average Bonchev–Trinajstić information content (AvgIpc) is 2.78. The molecule has 1 amide bonds. The molecule has 0 fully saturated rings. The maximum Gasteiger partial charge on any atom is 0.266 e. The molecule has 0 aromatic heterocycles. The van der Waals surface area contributed by atoms with Gasteiger partial charge in [-0.2, -0.15) is 5.26 Å². The number of methoxy groups -OCH3 is 1. The zero-order valence-corrected chi connectivity index (χ0v) is 20.4. The van der Waals surface area contributed by atoms with Crippen molar-refractivity contribution in [2.75, 3.05) is 30.5 Å². The first-order valence-corrected chi connectivity index (χ1v) is 11.4. The molecule has 0 aliphatic carbocycles. The van der Waals surface area contributed by atoms with Crippen LogP contribution in [0.5, 0.6) is 11.5 Å². The molecular formula is C27H33N3O3. The lowest BCUT2D eigenvalue weighted by Gasteiger charge is -2.47. The van der Waals surface area contributed by atoms with Crippen LogP contribution in [0.4, 0.5) is 11.4 Å². The van der Waals surface area contributed by atoms with Crippen molar-refractivity contribution in [2.45, 2.75) is 52.5 Å². The summed E-state index contributed by atoms with van der Waals surface area (Å²) in [6.45, 7) is 12.3. The molecule has 1 atom stereocenters. The molecule has 0 saturated heterocycles. The molecule has 33 heavy (non-hydrogen) atoms. The Morgan fingerprint density at radius 2 is 1.97 bits per heavy atom. The molecule has 174 valence electrons. The molecule has 1 heterocycles. The summed E-state index contributed by atoms with van der Waals surface area (Å²) < 4.78 is 11.1. The van der Waals surface area contributed by atoms with Crippen molar-refractivity contribution in [3.63, 3.8) is 0 Å². The van der Waals surface area contributed by atoms with Gasteiger partial charge in [-0.15, -0.1) is 0 Å². The van der Waals surface area contributed by atoms with E-state index in [9.17, 15) is 10.1 Å². The Morgan fingerprint density at radius 3 is 2.55 bits per heavy atom. The van der Waals surface area contributed by atoms with Crippen molar-refractivity contribution in [3.8, 4) is 17.6 Å². The Labute approximate surface area is 196 Å². The lowest BCUT2D eigenvalue weighted by molar-refractivity contribution is -0.112. The molecule has 0 bridgehead atoms. The van der Waals surface area contributed by atoms with Gasteiger partial charge in [-0.1, -0.05) is 6.92 Å². The fourth-order valence-corrected chi connectivity index (χ4v) is 4.72. The van der Waals surface area contributed by atoms with E-state index in [1.807, 2.05) is 19.1 Å². The monoisotopic (exact) mass is 447 g/mol. The van der Waals surface area contributed by atoms with Gasteiger partial charge in [0.15, 0.2) is 0 Å². The van der Waals surface area contributed by atoms with Gasteiger partial charge >= 0.3 is 0 Å². The van der Waals surface area contributed by atoms with Gasteiger partial charge in [-0.3, -0.25) is 4.79 Å². The van der Waals surface area contributed by atoms with E-state index in [-0.39, 0.29) is 11.1 Å². The molecule has 1 aliphatic rings. The Balaban J connectivity index is 1.94. The summed E-state index contributed by atoms with van der Waals surface area (Å²) in [6, 6.07) is 13.2. The molecule has 0 spiro atoms. The van der Waals surface area contributed by atoms with Crippen LogP contribution in [0.2, 0.25) is 0 Å². The lowest BCUT2D eigenvalue weighted by Crippen LogP contribution is -2.48. The van der Waals surface area contributed by atoms with Crippen molar-refractivity contribution < 1.29 is 14.3 Å². The second-order valence-corrected chi connectivity index (χ2v) is 8.90. The number of carbonyl (C=O) groups excluding carboxylic acids is 1. The van der Waals surface area contributed by atoms with Crippen molar-refractivity contribution in [1.29, 1.82) is 5.26 Å². The smallest absolute Gasteiger partial charge is 0.266 e. The topological polar surface area (TPSA) is 74.6 Å². The van der Waals surface area contributed by atoms with Crippen LogP contribution in [0.1, 0.15) is 58.1 Å². The quantitative estimate of drug-likeness (QED) is 0.432. The van der Waals surface area contributed by atoms with E-state index in [0.29, 0.717) is 24.0 Å². The molecule has 6 nitrogen and oxygen atoms in total. The lowest BCUT2D eigenvalue weighted by atomic mass is 9.79. The molecule has 6 heteroatoms. The highest BCUT2D eigenvalue weighted by Gasteiger charge is 2.36. The number of nitriles is 1. The minimum absolute atomic E-state index is 0.0123. The molecular weight excluding hydrogens is 414 g/mol. The number of nitrogens with zero attached hydrogens (tertiary/aromatic N) is 2. The van der Waals surface area contributed by atoms with Gasteiger partial charge < -0.3 is 19.7 Å². The van der Waals surface area contributed by atoms with Crippen LogP contribution in [0.15, 0.2) is 42.0 Å². The Kier molecular flexibility index (Phi) is 7.33. The third-order valence-electron chi connectivity index (χ3n) is 6.14. The summed E-state index contributed by atoms with van der Waals surface area (Å²) in [5.41, 5.74) is 3.71. The Hall–Kier alpha value is -3.46. The fraction of sp³-hybridized carbons (Fsp3) is 0.407. The Bertz CT molecular complexity index is 1080. The minimum Gasteiger partial charge on any atom is -0.496 e. The van der Waals surface area contributed by atoms with Gasteiger partial charge in [0.25, 0.3) is 5.91 Å². The first-order valence-electron chi connectivity index (χ1n) is 11.4. The van der Waals surface area contributed by atoms with Crippen LogP contribution in [0.25, 0.3) is 6.08 Å². The van der Waals surface area contributed by atoms with E-state index >= 15 is 0 Å². The first kappa shape index (κ1) is 24.2. The van der Waals surface area contributed by atoms with Gasteiger partial charge in [0, 0.05) is 35.1 Å². The third kappa shape index (κ3) is 5.14. The second-order valence-electron chi connectivity index (χ2n) is 8.90. The highest BCUT2D eigenvalue weighted by Crippen LogP contribution is 2.45. The van der Waals surface area contributed by atoms with Gasteiger partial charge in [-0.05, 0) is 82.0 Å². The number of ether oxygens (including phenoxy) is 2. The molecule has 0 saturated carbocycles. The van der Waals surface area contributed by atoms with Crippen molar-refractivity contribution in [1.82, 2.24) is 0 Å². The molecule has 2 aromatic carbocycles. The number of benzene rings is 2. The van der Waals surface area contributed by atoms with Gasteiger partial charge in [0.1, 0.15) is 23.1 Å². The van der Waals surface area contributed by atoms with Crippen LogP contribution < -0.4 is 19.7 Å². The molecule has 1 aliphatic heterocycles. The fourth-order valence-electron chi connectivity index (χ4n) is 4.72. The number of fused-ring (bicyclic) bond motifs is 1. The normalized spacial score (nSPS) is 17.1. The standard InChI is InChI=1S/C27H33N3O3/c1-7-30-24-15-25(32-6)19(14-23(24)18(3)16-27(30,4)5)13-20(17-28)26(31)29-21-9-11-22(12-10-21)33-8-2/h9-15,18H,7-8,16H2,1-6H3,(H,29,31)/b20-13+. The first-order chi connectivity index (χ1) is 15.7. The molecule has 1 N–H and O–H groups in total. The predicted octanol–water partition coefficient (Wildman–Crippen LogP) is 5.75. The van der Waals surface area contributed by atoms with E-state index < -0.39 is 5.91 Å². The third-order valence-corrected chi connectivity index (χ3v) is 6.14. The van der Waals surface area contributed by atoms with E-state index in [0.717, 1.165) is 30.0 Å². The minimum atomic E-state index is -0.467. The van der Waals surface area contributed by atoms with Crippen LogP contribution >= 0.6 is 0 Å². The number of hydrogen-bond acceptors (Lipinski definition) is 5. The van der Waals surface area contributed by atoms with Gasteiger partial charge in [0.2, 0.25) is 0 Å². The number of carbonyl (C=O) groups is 1. The number of anilines is 2. The van der Waals surface area contributed by atoms with E-state index in [2.05, 4.69) is 44.0 Å². The van der Waals surface area contributed by atoms with Crippen molar-refractivity contribution in [3.05, 3.63) is 53.1 Å². The van der Waals surface area contributed by atoms with Crippen LogP contribution in [0, 0.1) is 11.3 Å². The summed E-state index contributed by atoms with van der Waals surface area (Å²) in [5, 5.41) is 12.5. The Morgan fingerprint density at radius 1 is 1.27 bits per heavy atom. The number of rotatable bonds is 7. The number of amides is 1. The molecule has 0 radical (unpaired) electrons. The highest BCUT2D eigenvalue weighted by atomic mass is 16.5. The van der Waals surface area contributed by atoms with Gasteiger partial charge in [-0.25, -0.2) is 0 Å². The van der Waals surface area contributed by atoms with Crippen LogP contribution in [0.3, 0.4) is 0 Å². The summed E-state index contributed by atoms with van der Waals surface area (Å²) >= 11 is 0. The summed E-state index contributed by atoms with van der Waals surface area (Å²) in [4.78, 5) is 15.2. The predicted molar refractivity (Wildman–Crippen MR) is 133 cm³/mol. The average molecular weight is 448 g/mol. The zero-order chi connectivity index (χ0) is 24.2.